The van der Waals surface area contributed by atoms with Gasteiger partial charge >= 0.3 is 0 Å². The molecule has 0 saturated carbocycles. The topological polar surface area (TPSA) is 42.7 Å². The van der Waals surface area contributed by atoms with Crippen LogP contribution in [0.15, 0.2) is 5.38 Å². The first-order valence-electron chi connectivity index (χ1n) is 6.58. The van der Waals surface area contributed by atoms with Crippen LogP contribution >= 0.6 is 11.3 Å². The van der Waals surface area contributed by atoms with Crippen molar-refractivity contribution in [2.24, 2.45) is 7.05 Å². The second-order valence-corrected chi connectivity index (χ2v) is 6.09. The van der Waals surface area contributed by atoms with Crippen molar-refractivity contribution in [1.82, 2.24) is 20.1 Å². The van der Waals surface area contributed by atoms with Crippen LogP contribution in [0.4, 0.5) is 0 Å². The zero-order chi connectivity index (χ0) is 14.0. The molecule has 2 heterocycles. The van der Waals surface area contributed by atoms with Crippen molar-refractivity contribution in [2.45, 2.75) is 39.7 Å². The lowest BCUT2D eigenvalue weighted by Gasteiger charge is -2.15. The van der Waals surface area contributed by atoms with Crippen molar-refractivity contribution in [3.05, 3.63) is 33.0 Å². The van der Waals surface area contributed by atoms with E-state index in [1.54, 1.807) is 11.3 Å². The van der Waals surface area contributed by atoms with E-state index in [-0.39, 0.29) is 0 Å². The van der Waals surface area contributed by atoms with E-state index in [2.05, 4.69) is 41.6 Å². The van der Waals surface area contributed by atoms with Crippen LogP contribution in [0.1, 0.15) is 27.7 Å². The number of aromatic nitrogens is 3. The highest BCUT2D eigenvalue weighted by Crippen LogP contribution is 2.17. The Balaban J connectivity index is 2.10. The van der Waals surface area contributed by atoms with E-state index in [9.17, 15) is 0 Å². The van der Waals surface area contributed by atoms with Crippen molar-refractivity contribution < 1.29 is 0 Å². The standard InChI is InChI=1S/C14H22N4S/c1-9-14(10(2)18(5)17-9)7-12(15-4)6-13-8-19-11(3)16-13/h8,12,15H,6-7H2,1-5H3. The van der Waals surface area contributed by atoms with E-state index in [1.807, 2.05) is 18.8 Å². The third-order valence-corrected chi connectivity index (χ3v) is 4.46. The van der Waals surface area contributed by atoms with Gasteiger partial charge in [-0.2, -0.15) is 5.10 Å². The number of hydrogen-bond donors (Lipinski definition) is 1. The van der Waals surface area contributed by atoms with Crippen LogP contribution in [0.3, 0.4) is 0 Å². The fourth-order valence-corrected chi connectivity index (χ4v) is 3.02. The van der Waals surface area contributed by atoms with Crippen molar-refractivity contribution in [3.8, 4) is 0 Å². The second-order valence-electron chi connectivity index (χ2n) is 5.02. The summed E-state index contributed by atoms with van der Waals surface area (Å²) in [6.07, 6.45) is 1.97. The molecule has 2 aromatic heterocycles. The maximum atomic E-state index is 4.55. The molecular formula is C14H22N4S. The molecule has 1 atom stereocenters. The molecule has 4 nitrogen and oxygen atoms in total. The van der Waals surface area contributed by atoms with Crippen LogP contribution in [-0.2, 0) is 19.9 Å². The zero-order valence-corrected chi connectivity index (χ0v) is 13.1. The maximum absolute atomic E-state index is 4.55. The van der Waals surface area contributed by atoms with Gasteiger partial charge in [0.25, 0.3) is 0 Å². The van der Waals surface area contributed by atoms with E-state index < -0.39 is 0 Å². The van der Waals surface area contributed by atoms with Crippen LogP contribution in [-0.4, -0.2) is 27.9 Å². The van der Waals surface area contributed by atoms with Gasteiger partial charge in [-0.15, -0.1) is 11.3 Å². The average molecular weight is 278 g/mol. The Kier molecular flexibility index (Phi) is 4.37. The number of likely N-dealkylation sites (N-methyl/N-ethyl adjacent to an activating group) is 1. The fourth-order valence-electron chi connectivity index (χ4n) is 2.39. The molecule has 104 valence electrons. The summed E-state index contributed by atoms with van der Waals surface area (Å²) in [5, 5.41) is 11.2. The normalized spacial score (nSPS) is 12.9. The first-order valence-corrected chi connectivity index (χ1v) is 7.46. The monoisotopic (exact) mass is 278 g/mol. The summed E-state index contributed by atoms with van der Waals surface area (Å²) >= 11 is 1.72. The van der Waals surface area contributed by atoms with Gasteiger partial charge in [-0.1, -0.05) is 0 Å². The lowest BCUT2D eigenvalue weighted by Crippen LogP contribution is -2.30. The third kappa shape index (κ3) is 3.22. The predicted molar refractivity (Wildman–Crippen MR) is 79.8 cm³/mol. The van der Waals surface area contributed by atoms with Crippen LogP contribution in [0.25, 0.3) is 0 Å². The summed E-state index contributed by atoms with van der Waals surface area (Å²) in [7, 11) is 4.02. The van der Waals surface area contributed by atoms with Gasteiger partial charge in [0.15, 0.2) is 0 Å². The van der Waals surface area contributed by atoms with Gasteiger partial charge in [0, 0.05) is 30.6 Å². The molecule has 1 N–H and O–H groups in total. The van der Waals surface area contributed by atoms with E-state index in [4.69, 9.17) is 0 Å². The number of aryl methyl sites for hydroxylation is 3. The molecule has 2 aromatic rings. The molecule has 0 aliphatic rings. The highest BCUT2D eigenvalue weighted by molar-refractivity contribution is 7.09. The minimum Gasteiger partial charge on any atom is -0.316 e. The van der Waals surface area contributed by atoms with Crippen molar-refractivity contribution in [3.63, 3.8) is 0 Å². The Labute approximate surface area is 118 Å². The van der Waals surface area contributed by atoms with Gasteiger partial charge in [0.05, 0.1) is 16.4 Å². The molecule has 0 spiro atoms. The van der Waals surface area contributed by atoms with Crippen molar-refractivity contribution >= 4 is 11.3 Å². The van der Waals surface area contributed by atoms with Gasteiger partial charge < -0.3 is 5.32 Å². The highest BCUT2D eigenvalue weighted by atomic mass is 32.1. The number of nitrogens with zero attached hydrogens (tertiary/aromatic N) is 3. The minimum absolute atomic E-state index is 0.406. The average Bonchev–Trinajstić information content (AvgIpc) is 2.87. The Hall–Kier alpha value is -1.20. The molecule has 0 fully saturated rings. The SMILES string of the molecule is CNC(Cc1csc(C)n1)Cc1c(C)nn(C)c1C. The van der Waals surface area contributed by atoms with Gasteiger partial charge in [-0.25, -0.2) is 4.98 Å². The zero-order valence-electron chi connectivity index (χ0n) is 12.3. The summed E-state index contributed by atoms with van der Waals surface area (Å²) in [4.78, 5) is 4.55. The summed E-state index contributed by atoms with van der Waals surface area (Å²) in [5.41, 5.74) is 4.93. The molecule has 0 radical (unpaired) electrons. The summed E-state index contributed by atoms with van der Waals surface area (Å²) in [6, 6.07) is 0.406. The van der Waals surface area contributed by atoms with Crippen molar-refractivity contribution in [2.75, 3.05) is 7.05 Å². The van der Waals surface area contributed by atoms with Crippen LogP contribution in [0.5, 0.6) is 0 Å². The molecule has 1 unspecified atom stereocenters. The third-order valence-electron chi connectivity index (χ3n) is 3.64. The molecular weight excluding hydrogens is 256 g/mol. The van der Waals surface area contributed by atoms with E-state index in [0.29, 0.717) is 6.04 Å². The molecule has 0 saturated heterocycles. The van der Waals surface area contributed by atoms with Gasteiger partial charge in [-0.05, 0) is 39.8 Å². The highest BCUT2D eigenvalue weighted by Gasteiger charge is 2.16. The molecule has 0 aliphatic carbocycles. The number of hydrogen-bond acceptors (Lipinski definition) is 4. The minimum atomic E-state index is 0.406. The summed E-state index contributed by atoms with van der Waals surface area (Å²) in [6.45, 7) is 6.27. The number of thiazole rings is 1. The lowest BCUT2D eigenvalue weighted by atomic mass is 10.0. The van der Waals surface area contributed by atoms with E-state index >= 15 is 0 Å². The Bertz CT molecular complexity index is 556. The summed E-state index contributed by atoms with van der Waals surface area (Å²) in [5.74, 6) is 0. The Morgan fingerprint density at radius 1 is 1.32 bits per heavy atom. The van der Waals surface area contributed by atoms with Gasteiger partial charge in [-0.3, -0.25) is 4.68 Å². The molecule has 0 aromatic carbocycles. The van der Waals surface area contributed by atoms with Crippen molar-refractivity contribution in [1.29, 1.82) is 0 Å². The molecule has 0 bridgehead atoms. The Morgan fingerprint density at radius 2 is 2.05 bits per heavy atom. The first-order chi connectivity index (χ1) is 9.01. The smallest absolute Gasteiger partial charge is 0.0897 e. The number of rotatable bonds is 5. The largest absolute Gasteiger partial charge is 0.316 e. The first kappa shape index (κ1) is 14.2. The summed E-state index contributed by atoms with van der Waals surface area (Å²) < 4.78 is 1.96. The van der Waals surface area contributed by atoms with Crippen LogP contribution < -0.4 is 5.32 Å². The fraction of sp³-hybridized carbons (Fsp3) is 0.571. The molecule has 0 aliphatic heterocycles. The predicted octanol–water partition coefficient (Wildman–Crippen LogP) is 2.18. The molecule has 2 rings (SSSR count). The van der Waals surface area contributed by atoms with Gasteiger partial charge in [0.1, 0.15) is 0 Å². The molecule has 0 amide bonds. The lowest BCUT2D eigenvalue weighted by molar-refractivity contribution is 0.548. The van der Waals surface area contributed by atoms with Crippen LogP contribution in [0, 0.1) is 20.8 Å². The quantitative estimate of drug-likeness (QED) is 0.911. The second kappa shape index (κ2) is 5.84. The molecule has 19 heavy (non-hydrogen) atoms. The number of nitrogens with one attached hydrogen (secondary N) is 1. The maximum Gasteiger partial charge on any atom is 0.0897 e. The Morgan fingerprint density at radius 3 is 2.53 bits per heavy atom. The molecule has 5 heteroatoms. The van der Waals surface area contributed by atoms with Crippen LogP contribution in [0.2, 0.25) is 0 Å². The van der Waals surface area contributed by atoms with Gasteiger partial charge in [0.2, 0.25) is 0 Å². The van der Waals surface area contributed by atoms with E-state index in [0.717, 1.165) is 23.5 Å². The van der Waals surface area contributed by atoms with E-state index in [1.165, 1.54) is 17.0 Å².